The van der Waals surface area contributed by atoms with Crippen molar-refractivity contribution in [3.63, 3.8) is 0 Å². The molecule has 0 saturated heterocycles. The highest BCUT2D eigenvalue weighted by Crippen LogP contribution is 2.33. The zero-order valence-corrected chi connectivity index (χ0v) is 18.9. The lowest BCUT2D eigenvalue weighted by molar-refractivity contribution is 0.0924. The van der Waals surface area contributed by atoms with Gasteiger partial charge in [-0.3, -0.25) is 9.59 Å². The van der Waals surface area contributed by atoms with Crippen molar-refractivity contribution in [1.29, 1.82) is 0 Å². The van der Waals surface area contributed by atoms with E-state index in [1.54, 1.807) is 30.0 Å². The third-order valence-electron chi connectivity index (χ3n) is 5.71. The number of rotatable bonds is 7. The highest BCUT2D eigenvalue weighted by Gasteiger charge is 2.29. The molecule has 1 aliphatic heterocycles. The maximum atomic E-state index is 13.2. The fraction of sp³-hybridized carbons (Fsp3) is 0.280. The number of nitrogens with zero attached hydrogens (tertiary/aromatic N) is 1. The van der Waals surface area contributed by atoms with Gasteiger partial charge in [0, 0.05) is 12.3 Å². The largest absolute Gasteiger partial charge is 0.345 e. The molecule has 5 nitrogen and oxygen atoms in total. The van der Waals surface area contributed by atoms with Gasteiger partial charge in [-0.1, -0.05) is 49.4 Å². The summed E-state index contributed by atoms with van der Waals surface area (Å²) < 4.78 is 15.1. The van der Waals surface area contributed by atoms with Crippen molar-refractivity contribution >= 4 is 23.6 Å². The van der Waals surface area contributed by atoms with Crippen LogP contribution < -0.4 is 10.6 Å². The number of hydrogen-bond acceptors (Lipinski definition) is 3. The molecule has 0 radical (unpaired) electrons. The molecule has 32 heavy (non-hydrogen) atoms. The maximum Gasteiger partial charge on any atom is 0.268 e. The van der Waals surface area contributed by atoms with Gasteiger partial charge in [0.2, 0.25) is 0 Å². The summed E-state index contributed by atoms with van der Waals surface area (Å²) in [6.07, 6.45) is 0.765. The molecule has 4 rings (SSSR count). The number of fused-ring (bicyclic) bond motifs is 1. The Morgan fingerprint density at radius 3 is 2.44 bits per heavy atom. The van der Waals surface area contributed by atoms with E-state index in [2.05, 4.69) is 10.6 Å². The monoisotopic (exact) mass is 451 g/mol. The number of halogens is 1. The molecular weight excluding hydrogens is 425 g/mol. The van der Waals surface area contributed by atoms with Gasteiger partial charge in [0.05, 0.1) is 22.7 Å². The van der Waals surface area contributed by atoms with E-state index in [-0.39, 0.29) is 29.7 Å². The average Bonchev–Trinajstić information content (AvgIpc) is 3.41. The van der Waals surface area contributed by atoms with Crippen molar-refractivity contribution in [2.75, 3.05) is 5.75 Å². The van der Waals surface area contributed by atoms with Gasteiger partial charge in [0.15, 0.2) is 0 Å². The van der Waals surface area contributed by atoms with Gasteiger partial charge >= 0.3 is 0 Å². The minimum Gasteiger partial charge on any atom is -0.345 e. The van der Waals surface area contributed by atoms with Crippen molar-refractivity contribution in [2.24, 2.45) is 0 Å². The highest BCUT2D eigenvalue weighted by atomic mass is 32.2. The van der Waals surface area contributed by atoms with Crippen LogP contribution in [-0.2, 0) is 6.54 Å². The Morgan fingerprint density at radius 1 is 1.03 bits per heavy atom. The summed E-state index contributed by atoms with van der Waals surface area (Å²) in [5.74, 6) is 0.0783. The third-order valence-corrected chi connectivity index (χ3v) is 6.81. The van der Waals surface area contributed by atoms with Crippen LogP contribution in [0.5, 0.6) is 0 Å². The van der Waals surface area contributed by atoms with Gasteiger partial charge in [-0.2, -0.15) is 0 Å². The zero-order chi connectivity index (χ0) is 22.7. The van der Waals surface area contributed by atoms with Crippen LogP contribution in [-0.4, -0.2) is 22.1 Å². The molecule has 2 amide bonds. The minimum atomic E-state index is -0.315. The minimum absolute atomic E-state index is 0.0959. The lowest BCUT2D eigenvalue weighted by Gasteiger charge is -2.17. The van der Waals surface area contributed by atoms with E-state index in [0.717, 1.165) is 28.3 Å². The quantitative estimate of drug-likeness (QED) is 0.525. The molecule has 0 saturated carbocycles. The Morgan fingerprint density at radius 2 is 1.75 bits per heavy atom. The molecule has 0 unspecified atom stereocenters. The number of aromatic nitrogens is 1. The third kappa shape index (κ3) is 4.58. The average molecular weight is 452 g/mol. The Balaban J connectivity index is 1.53. The molecule has 1 aromatic heterocycles. The molecule has 1 aliphatic rings. The number of amides is 2. The first-order valence-corrected chi connectivity index (χ1v) is 11.7. The van der Waals surface area contributed by atoms with E-state index in [1.807, 2.05) is 48.7 Å². The highest BCUT2D eigenvalue weighted by molar-refractivity contribution is 7.99. The smallest absolute Gasteiger partial charge is 0.268 e. The second-order valence-electron chi connectivity index (χ2n) is 7.84. The summed E-state index contributed by atoms with van der Waals surface area (Å²) in [7, 11) is 0. The molecule has 2 heterocycles. The van der Waals surface area contributed by atoms with Crippen LogP contribution in [0.2, 0.25) is 0 Å². The summed E-state index contributed by atoms with van der Waals surface area (Å²) in [6.45, 7) is 4.57. The van der Waals surface area contributed by atoms with Crippen LogP contribution in [0.4, 0.5) is 4.39 Å². The molecule has 166 valence electrons. The zero-order valence-electron chi connectivity index (χ0n) is 18.1. The van der Waals surface area contributed by atoms with Crippen molar-refractivity contribution < 1.29 is 14.0 Å². The van der Waals surface area contributed by atoms with Crippen molar-refractivity contribution in [3.8, 4) is 0 Å². The van der Waals surface area contributed by atoms with Crippen molar-refractivity contribution in [1.82, 2.24) is 15.2 Å². The molecule has 3 aromatic rings. The summed E-state index contributed by atoms with van der Waals surface area (Å²) in [5, 5.41) is 6.91. The number of benzene rings is 2. The number of hydrogen-bond donors (Lipinski definition) is 2. The fourth-order valence-corrected chi connectivity index (χ4v) is 5.06. The number of carbonyl (C=O) groups excluding carboxylic acids is 2. The molecule has 7 heteroatoms. The first kappa shape index (κ1) is 22.1. The molecular formula is C25H26FN3O2S. The van der Waals surface area contributed by atoms with Crippen LogP contribution in [0.15, 0.2) is 65.7 Å². The second kappa shape index (κ2) is 9.61. The van der Waals surface area contributed by atoms with E-state index < -0.39 is 0 Å². The summed E-state index contributed by atoms with van der Waals surface area (Å²) in [4.78, 5) is 26.2. The van der Waals surface area contributed by atoms with Crippen LogP contribution in [0.3, 0.4) is 0 Å². The SMILES string of the molecule is CC[C@@H](NC(=O)c1cc(C(=O)N[C@H](C)c2ccc(F)cc2)n2c1SCC2)c1ccccc1. The van der Waals surface area contributed by atoms with Crippen LogP contribution >= 0.6 is 11.8 Å². The number of nitrogens with one attached hydrogen (secondary N) is 2. The van der Waals surface area contributed by atoms with E-state index in [9.17, 15) is 14.0 Å². The van der Waals surface area contributed by atoms with Gasteiger partial charge in [-0.15, -0.1) is 11.8 Å². The molecule has 2 aromatic carbocycles. The van der Waals surface area contributed by atoms with Gasteiger partial charge in [0.25, 0.3) is 11.8 Å². The molecule has 0 bridgehead atoms. The Labute approximate surface area is 191 Å². The summed E-state index contributed by atoms with van der Waals surface area (Å²) >= 11 is 1.59. The molecule has 0 fully saturated rings. The molecule has 0 aliphatic carbocycles. The Bertz CT molecular complexity index is 1110. The van der Waals surface area contributed by atoms with Gasteiger partial charge in [0.1, 0.15) is 11.5 Å². The second-order valence-corrected chi connectivity index (χ2v) is 8.92. The first-order valence-electron chi connectivity index (χ1n) is 10.8. The van der Waals surface area contributed by atoms with E-state index in [1.165, 1.54) is 12.1 Å². The van der Waals surface area contributed by atoms with Gasteiger partial charge in [-0.25, -0.2) is 4.39 Å². The van der Waals surface area contributed by atoms with E-state index in [0.29, 0.717) is 17.8 Å². The fourth-order valence-electron chi connectivity index (χ4n) is 3.94. The predicted molar refractivity (Wildman–Crippen MR) is 124 cm³/mol. The first-order chi connectivity index (χ1) is 15.5. The predicted octanol–water partition coefficient (Wildman–Crippen LogP) is 5.11. The maximum absolute atomic E-state index is 13.2. The summed E-state index contributed by atoms with van der Waals surface area (Å²) in [5.41, 5.74) is 2.87. The topological polar surface area (TPSA) is 63.1 Å². The molecule has 2 atom stereocenters. The standard InChI is InChI=1S/C25H26FN3O2S/c1-3-21(18-7-5-4-6-8-18)28-23(30)20-15-22(29-13-14-32-25(20)29)24(31)27-16(2)17-9-11-19(26)12-10-17/h4-12,15-16,21H,3,13-14H2,1-2H3,(H,27,31)(H,28,30)/t16-,21-/m1/s1. The molecule has 2 N–H and O–H groups in total. The van der Waals surface area contributed by atoms with Crippen molar-refractivity contribution in [3.05, 3.63) is 88.9 Å². The van der Waals surface area contributed by atoms with Gasteiger partial charge in [-0.05, 0) is 42.7 Å². The number of thioether (sulfide) groups is 1. The van der Waals surface area contributed by atoms with Crippen LogP contribution in [0, 0.1) is 5.82 Å². The summed E-state index contributed by atoms with van der Waals surface area (Å²) in [6, 6.07) is 17.2. The van der Waals surface area contributed by atoms with E-state index in [4.69, 9.17) is 0 Å². The normalized spacial score (nSPS) is 14.5. The lowest BCUT2D eigenvalue weighted by Crippen LogP contribution is -2.29. The van der Waals surface area contributed by atoms with Crippen LogP contribution in [0.25, 0.3) is 0 Å². The Kier molecular flexibility index (Phi) is 6.65. The van der Waals surface area contributed by atoms with Crippen molar-refractivity contribution in [2.45, 2.75) is 43.9 Å². The number of carbonyl (C=O) groups is 2. The van der Waals surface area contributed by atoms with Crippen LogP contribution in [0.1, 0.15) is 64.3 Å². The van der Waals surface area contributed by atoms with E-state index >= 15 is 0 Å². The Hall–Kier alpha value is -3.06. The van der Waals surface area contributed by atoms with Gasteiger partial charge < -0.3 is 15.2 Å². The lowest BCUT2D eigenvalue weighted by atomic mass is 10.0. The molecule has 0 spiro atoms.